The molecule has 0 bridgehead atoms. The van der Waals surface area contributed by atoms with Crippen LogP contribution in [0, 0.1) is 13.8 Å². The molecule has 26 heavy (non-hydrogen) atoms. The molecule has 1 fully saturated rings. The van der Waals surface area contributed by atoms with Crippen molar-refractivity contribution in [3.05, 3.63) is 46.5 Å². The van der Waals surface area contributed by atoms with Gasteiger partial charge in [0.25, 0.3) is 5.91 Å². The molecule has 0 atom stereocenters. The first kappa shape index (κ1) is 16.9. The Labute approximate surface area is 154 Å². The molecule has 0 saturated carbocycles. The zero-order valence-corrected chi connectivity index (χ0v) is 15.5. The van der Waals surface area contributed by atoms with Crippen molar-refractivity contribution in [1.29, 1.82) is 0 Å². The topological polar surface area (TPSA) is 62.2 Å². The Hall–Kier alpha value is -2.50. The third kappa shape index (κ3) is 3.28. The molecule has 136 valence electrons. The lowest BCUT2D eigenvalue weighted by Gasteiger charge is -2.19. The van der Waals surface area contributed by atoms with E-state index in [1.54, 1.807) is 6.07 Å². The highest BCUT2D eigenvalue weighted by molar-refractivity contribution is 5.92. The molecule has 1 saturated heterocycles. The number of fused-ring (bicyclic) bond motifs is 1. The van der Waals surface area contributed by atoms with Crippen molar-refractivity contribution >= 4 is 11.9 Å². The number of hydrogen-bond donors (Lipinski definition) is 0. The van der Waals surface area contributed by atoms with Gasteiger partial charge in [-0.2, -0.15) is 0 Å². The van der Waals surface area contributed by atoms with Crippen molar-refractivity contribution in [1.82, 2.24) is 19.9 Å². The van der Waals surface area contributed by atoms with Crippen molar-refractivity contribution < 1.29 is 4.79 Å². The Kier molecular flexibility index (Phi) is 4.57. The van der Waals surface area contributed by atoms with Crippen LogP contribution in [0.15, 0.2) is 18.2 Å². The minimum atomic E-state index is 0.00637. The summed E-state index contributed by atoms with van der Waals surface area (Å²) in [7, 11) is 0. The van der Waals surface area contributed by atoms with Crippen LogP contribution in [-0.4, -0.2) is 51.9 Å². The maximum absolute atomic E-state index is 12.8. The Balaban J connectivity index is 1.55. The summed E-state index contributed by atoms with van der Waals surface area (Å²) in [5, 5.41) is 0. The molecule has 0 unspecified atom stereocenters. The molecule has 1 amide bonds. The van der Waals surface area contributed by atoms with E-state index < -0.39 is 0 Å². The predicted molar refractivity (Wildman–Crippen MR) is 101 cm³/mol. The van der Waals surface area contributed by atoms with Crippen LogP contribution in [0.1, 0.15) is 46.0 Å². The molecule has 0 aromatic carbocycles. The smallest absolute Gasteiger partial charge is 0.272 e. The zero-order valence-electron chi connectivity index (χ0n) is 15.5. The fourth-order valence-corrected chi connectivity index (χ4v) is 3.86. The van der Waals surface area contributed by atoms with E-state index >= 15 is 0 Å². The van der Waals surface area contributed by atoms with Crippen LogP contribution >= 0.6 is 0 Å². The number of anilines is 1. The monoisotopic (exact) mass is 351 g/mol. The zero-order chi connectivity index (χ0) is 18.1. The molecule has 2 aromatic heterocycles. The first-order valence-corrected chi connectivity index (χ1v) is 9.46. The van der Waals surface area contributed by atoms with Gasteiger partial charge in [-0.05, 0) is 50.8 Å². The molecule has 2 aromatic rings. The van der Waals surface area contributed by atoms with Crippen LogP contribution in [0.5, 0.6) is 0 Å². The SMILES string of the molecule is Cc1cccc(C(=O)N2CCc3nc(N4CCCC4)nc(C)c3CC2)n1. The Morgan fingerprint density at radius 2 is 1.73 bits per heavy atom. The molecular formula is C20H25N5O. The number of aromatic nitrogens is 3. The average molecular weight is 351 g/mol. The number of aryl methyl sites for hydroxylation is 2. The van der Waals surface area contributed by atoms with E-state index in [1.165, 1.54) is 18.4 Å². The number of nitrogens with zero attached hydrogens (tertiary/aromatic N) is 5. The third-order valence-electron chi connectivity index (χ3n) is 5.32. The highest BCUT2D eigenvalue weighted by Crippen LogP contribution is 2.23. The van der Waals surface area contributed by atoms with E-state index in [-0.39, 0.29) is 5.91 Å². The minimum absolute atomic E-state index is 0.00637. The van der Waals surface area contributed by atoms with Gasteiger partial charge in [0.05, 0.1) is 5.69 Å². The van der Waals surface area contributed by atoms with E-state index in [2.05, 4.69) is 16.8 Å². The van der Waals surface area contributed by atoms with E-state index in [0.29, 0.717) is 18.8 Å². The summed E-state index contributed by atoms with van der Waals surface area (Å²) in [6.07, 6.45) is 4.01. The van der Waals surface area contributed by atoms with Crippen molar-refractivity contribution in [2.75, 3.05) is 31.1 Å². The summed E-state index contributed by atoms with van der Waals surface area (Å²) < 4.78 is 0. The van der Waals surface area contributed by atoms with Gasteiger partial charge < -0.3 is 9.80 Å². The van der Waals surface area contributed by atoms with E-state index in [1.807, 2.05) is 24.0 Å². The molecule has 4 rings (SSSR count). The average Bonchev–Trinajstić information content (AvgIpc) is 3.08. The number of carbonyl (C=O) groups excluding carboxylic acids is 1. The maximum atomic E-state index is 12.8. The standard InChI is InChI=1S/C20H25N5O/c1-14-6-5-7-18(21-14)19(26)24-12-8-16-15(2)22-20(23-17(16)9-13-24)25-10-3-4-11-25/h5-7H,3-4,8-13H2,1-2H3. The highest BCUT2D eigenvalue weighted by atomic mass is 16.2. The van der Waals surface area contributed by atoms with E-state index in [4.69, 9.17) is 9.97 Å². The predicted octanol–water partition coefficient (Wildman–Crippen LogP) is 2.33. The van der Waals surface area contributed by atoms with Gasteiger partial charge in [-0.1, -0.05) is 6.07 Å². The second-order valence-corrected chi connectivity index (χ2v) is 7.18. The summed E-state index contributed by atoms with van der Waals surface area (Å²) in [5.41, 5.74) is 4.76. The first-order valence-electron chi connectivity index (χ1n) is 9.46. The lowest BCUT2D eigenvalue weighted by Crippen LogP contribution is -2.34. The number of pyridine rings is 1. The van der Waals surface area contributed by atoms with Crippen molar-refractivity contribution in [3.63, 3.8) is 0 Å². The van der Waals surface area contributed by atoms with Gasteiger partial charge in [0.1, 0.15) is 5.69 Å². The molecule has 0 radical (unpaired) electrons. The lowest BCUT2D eigenvalue weighted by molar-refractivity contribution is 0.0757. The van der Waals surface area contributed by atoms with Crippen LogP contribution in [0.3, 0.4) is 0 Å². The number of hydrogen-bond acceptors (Lipinski definition) is 5. The van der Waals surface area contributed by atoms with Gasteiger partial charge in [-0.15, -0.1) is 0 Å². The summed E-state index contributed by atoms with van der Waals surface area (Å²) in [5.74, 6) is 0.866. The van der Waals surface area contributed by atoms with Crippen molar-refractivity contribution in [3.8, 4) is 0 Å². The third-order valence-corrected chi connectivity index (χ3v) is 5.32. The van der Waals surface area contributed by atoms with Crippen LogP contribution < -0.4 is 4.90 Å². The number of amides is 1. The maximum Gasteiger partial charge on any atom is 0.272 e. The molecular weight excluding hydrogens is 326 g/mol. The van der Waals surface area contributed by atoms with Crippen molar-refractivity contribution in [2.24, 2.45) is 0 Å². The highest BCUT2D eigenvalue weighted by Gasteiger charge is 2.24. The number of rotatable bonds is 2. The first-order chi connectivity index (χ1) is 12.6. The van der Waals surface area contributed by atoms with Crippen LogP contribution in [-0.2, 0) is 12.8 Å². The second kappa shape index (κ2) is 7.02. The molecule has 2 aliphatic rings. The van der Waals surface area contributed by atoms with Gasteiger partial charge in [-0.25, -0.2) is 15.0 Å². The van der Waals surface area contributed by atoms with Gasteiger partial charge in [0, 0.05) is 44.0 Å². The van der Waals surface area contributed by atoms with Crippen molar-refractivity contribution in [2.45, 2.75) is 39.5 Å². The molecule has 6 nitrogen and oxygen atoms in total. The van der Waals surface area contributed by atoms with Gasteiger partial charge >= 0.3 is 0 Å². The Morgan fingerprint density at radius 3 is 2.50 bits per heavy atom. The minimum Gasteiger partial charge on any atom is -0.341 e. The Bertz CT molecular complexity index is 829. The fraction of sp³-hybridized carbons (Fsp3) is 0.500. The summed E-state index contributed by atoms with van der Waals surface area (Å²) in [6.45, 7) is 7.43. The van der Waals surface area contributed by atoms with Gasteiger partial charge in [-0.3, -0.25) is 4.79 Å². The summed E-state index contributed by atoms with van der Waals surface area (Å²) in [6, 6.07) is 5.60. The summed E-state index contributed by atoms with van der Waals surface area (Å²) in [4.78, 5) is 31.0. The lowest BCUT2D eigenvalue weighted by atomic mass is 10.1. The quantitative estimate of drug-likeness (QED) is 0.831. The molecule has 0 N–H and O–H groups in total. The molecule has 2 aliphatic heterocycles. The molecule has 0 spiro atoms. The fourth-order valence-electron chi connectivity index (χ4n) is 3.86. The van der Waals surface area contributed by atoms with Crippen LogP contribution in [0.2, 0.25) is 0 Å². The molecule has 0 aliphatic carbocycles. The van der Waals surface area contributed by atoms with Crippen LogP contribution in [0.25, 0.3) is 0 Å². The van der Waals surface area contributed by atoms with Gasteiger partial charge in [0.2, 0.25) is 5.95 Å². The van der Waals surface area contributed by atoms with Gasteiger partial charge in [0.15, 0.2) is 0 Å². The normalized spacial score (nSPS) is 17.2. The number of carbonyl (C=O) groups is 1. The second-order valence-electron chi connectivity index (χ2n) is 7.18. The molecule has 4 heterocycles. The Morgan fingerprint density at radius 1 is 0.962 bits per heavy atom. The molecule has 6 heteroatoms. The van der Waals surface area contributed by atoms with E-state index in [0.717, 1.165) is 49.0 Å². The van der Waals surface area contributed by atoms with Crippen LogP contribution in [0.4, 0.5) is 5.95 Å². The largest absolute Gasteiger partial charge is 0.341 e. The van der Waals surface area contributed by atoms with E-state index in [9.17, 15) is 4.79 Å². The summed E-state index contributed by atoms with van der Waals surface area (Å²) >= 11 is 0.